The van der Waals surface area contributed by atoms with Crippen molar-refractivity contribution >= 4 is 44.9 Å². The van der Waals surface area contributed by atoms with Crippen molar-refractivity contribution in [2.24, 2.45) is 0 Å². The minimum atomic E-state index is -0.298. The average molecular weight is 441 g/mol. The molecule has 0 aliphatic rings. The molecule has 0 aromatic heterocycles. The largest absolute Gasteiger partial charge is 0.489 e. The van der Waals surface area contributed by atoms with E-state index in [1.165, 1.54) is 0 Å². The Bertz CT molecular complexity index is 948. The number of hydrogen-bond donors (Lipinski definition) is 2. The number of carbonyl (C=O) groups excluding carboxylic acids is 1. The van der Waals surface area contributed by atoms with Crippen molar-refractivity contribution in [1.82, 2.24) is 5.32 Å². The summed E-state index contributed by atoms with van der Waals surface area (Å²) >= 11 is 8.61. The highest BCUT2D eigenvalue weighted by atomic mass is 79.9. The van der Waals surface area contributed by atoms with Crippen LogP contribution in [0.5, 0.6) is 5.75 Å². The number of thiocarbonyl (C=S) groups is 1. The molecule has 6 heteroatoms. The minimum Gasteiger partial charge on any atom is -0.489 e. The van der Waals surface area contributed by atoms with Gasteiger partial charge in [0.25, 0.3) is 5.91 Å². The summed E-state index contributed by atoms with van der Waals surface area (Å²) in [5.74, 6) is 0.324. The first-order chi connectivity index (χ1) is 13.1. The molecule has 0 atom stereocenters. The SMILES string of the molecule is O=C(NC(=S)Nc1cccc(Br)c1)c1cccc(OCc2ccccc2)c1. The van der Waals surface area contributed by atoms with Gasteiger partial charge in [-0.1, -0.05) is 58.4 Å². The zero-order chi connectivity index (χ0) is 19.1. The van der Waals surface area contributed by atoms with Crippen LogP contribution in [0.15, 0.2) is 83.3 Å². The second kappa shape index (κ2) is 9.30. The van der Waals surface area contributed by atoms with Gasteiger partial charge in [0.15, 0.2) is 5.11 Å². The Morgan fingerprint density at radius 1 is 0.963 bits per heavy atom. The van der Waals surface area contributed by atoms with E-state index in [0.717, 1.165) is 15.7 Å². The lowest BCUT2D eigenvalue weighted by Gasteiger charge is -2.11. The molecule has 0 saturated carbocycles. The third-order valence-corrected chi connectivity index (χ3v) is 4.35. The molecule has 2 N–H and O–H groups in total. The van der Waals surface area contributed by atoms with Crippen LogP contribution in [-0.4, -0.2) is 11.0 Å². The van der Waals surface area contributed by atoms with Crippen LogP contribution < -0.4 is 15.4 Å². The lowest BCUT2D eigenvalue weighted by Crippen LogP contribution is -2.34. The summed E-state index contributed by atoms with van der Waals surface area (Å²) in [5.41, 5.74) is 2.32. The van der Waals surface area contributed by atoms with Gasteiger partial charge in [-0.05, 0) is 54.2 Å². The predicted molar refractivity (Wildman–Crippen MR) is 115 cm³/mol. The number of amides is 1. The maximum absolute atomic E-state index is 12.4. The summed E-state index contributed by atoms with van der Waals surface area (Å²) in [6, 6.07) is 24.4. The molecule has 0 unspecified atom stereocenters. The summed E-state index contributed by atoms with van der Waals surface area (Å²) < 4.78 is 6.68. The predicted octanol–water partition coefficient (Wildman–Crippen LogP) is 5.15. The first kappa shape index (κ1) is 19.1. The Labute approximate surface area is 171 Å². The molecule has 0 saturated heterocycles. The molecule has 0 spiro atoms. The van der Waals surface area contributed by atoms with Crippen molar-refractivity contribution in [2.45, 2.75) is 6.61 Å². The number of carbonyl (C=O) groups is 1. The van der Waals surface area contributed by atoms with Crippen molar-refractivity contribution in [2.75, 3.05) is 5.32 Å². The van der Waals surface area contributed by atoms with Gasteiger partial charge in [0, 0.05) is 15.7 Å². The maximum atomic E-state index is 12.4. The summed E-state index contributed by atoms with van der Waals surface area (Å²) in [6.45, 7) is 0.439. The fourth-order valence-corrected chi connectivity index (χ4v) is 2.98. The Hall–Kier alpha value is -2.70. The molecule has 0 aliphatic carbocycles. The molecule has 0 heterocycles. The minimum absolute atomic E-state index is 0.230. The fourth-order valence-electron chi connectivity index (χ4n) is 2.37. The highest BCUT2D eigenvalue weighted by Gasteiger charge is 2.09. The van der Waals surface area contributed by atoms with E-state index in [9.17, 15) is 4.79 Å². The van der Waals surface area contributed by atoms with E-state index in [4.69, 9.17) is 17.0 Å². The van der Waals surface area contributed by atoms with Crippen LogP contribution in [-0.2, 0) is 6.61 Å². The van der Waals surface area contributed by atoms with Crippen LogP contribution in [0, 0.1) is 0 Å². The molecule has 136 valence electrons. The Balaban J connectivity index is 1.58. The monoisotopic (exact) mass is 440 g/mol. The van der Waals surface area contributed by atoms with Gasteiger partial charge in [-0.25, -0.2) is 0 Å². The van der Waals surface area contributed by atoms with Crippen LogP contribution in [0.3, 0.4) is 0 Å². The highest BCUT2D eigenvalue weighted by molar-refractivity contribution is 9.10. The van der Waals surface area contributed by atoms with Gasteiger partial charge >= 0.3 is 0 Å². The molecule has 4 nitrogen and oxygen atoms in total. The van der Waals surface area contributed by atoms with E-state index in [1.54, 1.807) is 18.2 Å². The zero-order valence-corrected chi connectivity index (χ0v) is 16.7. The lowest BCUT2D eigenvalue weighted by atomic mass is 10.2. The Kier molecular flexibility index (Phi) is 6.57. The molecular formula is C21H17BrN2O2S. The Morgan fingerprint density at radius 2 is 1.74 bits per heavy atom. The van der Waals surface area contributed by atoms with E-state index in [2.05, 4.69) is 26.6 Å². The normalized spacial score (nSPS) is 10.1. The molecule has 1 amide bonds. The zero-order valence-electron chi connectivity index (χ0n) is 14.3. The number of ether oxygens (including phenoxy) is 1. The summed E-state index contributed by atoms with van der Waals surface area (Å²) in [4.78, 5) is 12.4. The smallest absolute Gasteiger partial charge is 0.257 e. The first-order valence-electron chi connectivity index (χ1n) is 8.25. The lowest BCUT2D eigenvalue weighted by molar-refractivity contribution is 0.0977. The average Bonchev–Trinajstić information content (AvgIpc) is 2.67. The van der Waals surface area contributed by atoms with Gasteiger partial charge < -0.3 is 10.1 Å². The van der Waals surface area contributed by atoms with Crippen molar-refractivity contribution in [3.05, 3.63) is 94.5 Å². The standard InChI is InChI=1S/C21H17BrN2O2S/c22-17-9-5-10-18(13-17)23-21(27)24-20(25)16-8-4-11-19(12-16)26-14-15-6-2-1-3-7-15/h1-13H,14H2,(H2,23,24,25,27). The van der Waals surface area contributed by atoms with Gasteiger partial charge in [-0.15, -0.1) is 0 Å². The highest BCUT2D eigenvalue weighted by Crippen LogP contribution is 2.17. The number of hydrogen-bond acceptors (Lipinski definition) is 3. The van der Waals surface area contributed by atoms with Gasteiger partial charge in [0.05, 0.1) is 0 Å². The van der Waals surface area contributed by atoms with Crippen LogP contribution in [0.25, 0.3) is 0 Å². The van der Waals surface area contributed by atoms with E-state index in [0.29, 0.717) is 17.9 Å². The molecule has 3 aromatic carbocycles. The number of anilines is 1. The second-order valence-electron chi connectivity index (χ2n) is 5.72. The van der Waals surface area contributed by atoms with Gasteiger partial charge in [-0.2, -0.15) is 0 Å². The quantitative estimate of drug-likeness (QED) is 0.538. The fraction of sp³-hybridized carbons (Fsp3) is 0.0476. The van der Waals surface area contributed by atoms with E-state index in [1.807, 2.05) is 60.7 Å². The number of nitrogens with one attached hydrogen (secondary N) is 2. The van der Waals surface area contributed by atoms with Crippen LogP contribution in [0.2, 0.25) is 0 Å². The van der Waals surface area contributed by atoms with E-state index >= 15 is 0 Å². The van der Waals surface area contributed by atoms with Crippen molar-refractivity contribution in [3.63, 3.8) is 0 Å². The topological polar surface area (TPSA) is 50.4 Å². The summed E-state index contributed by atoms with van der Waals surface area (Å²) in [6.07, 6.45) is 0. The van der Waals surface area contributed by atoms with Crippen LogP contribution >= 0.6 is 28.1 Å². The number of halogens is 1. The first-order valence-corrected chi connectivity index (χ1v) is 9.45. The third kappa shape index (κ3) is 5.91. The summed E-state index contributed by atoms with van der Waals surface area (Å²) in [5, 5.41) is 5.89. The molecule has 3 rings (SSSR count). The molecule has 0 bridgehead atoms. The molecule has 0 radical (unpaired) electrons. The maximum Gasteiger partial charge on any atom is 0.257 e. The molecule has 0 fully saturated rings. The number of rotatable bonds is 5. The van der Waals surface area contributed by atoms with Gasteiger partial charge in [-0.3, -0.25) is 10.1 Å². The summed E-state index contributed by atoms with van der Waals surface area (Å²) in [7, 11) is 0. The van der Waals surface area contributed by atoms with E-state index in [-0.39, 0.29) is 11.0 Å². The number of benzene rings is 3. The molecule has 3 aromatic rings. The Morgan fingerprint density at radius 3 is 2.52 bits per heavy atom. The third-order valence-electron chi connectivity index (χ3n) is 3.65. The molecular weight excluding hydrogens is 424 g/mol. The van der Waals surface area contributed by atoms with Gasteiger partial charge in [0.1, 0.15) is 12.4 Å². The molecule has 0 aliphatic heterocycles. The van der Waals surface area contributed by atoms with Crippen LogP contribution in [0.1, 0.15) is 15.9 Å². The van der Waals surface area contributed by atoms with Crippen molar-refractivity contribution in [1.29, 1.82) is 0 Å². The van der Waals surface area contributed by atoms with Gasteiger partial charge in [0.2, 0.25) is 0 Å². The van der Waals surface area contributed by atoms with E-state index < -0.39 is 0 Å². The molecule has 27 heavy (non-hydrogen) atoms. The second-order valence-corrected chi connectivity index (χ2v) is 7.04. The van der Waals surface area contributed by atoms with Crippen molar-refractivity contribution in [3.8, 4) is 5.75 Å². The van der Waals surface area contributed by atoms with Crippen LogP contribution in [0.4, 0.5) is 5.69 Å². The van der Waals surface area contributed by atoms with Crippen molar-refractivity contribution < 1.29 is 9.53 Å².